The molecule has 1 N–H and O–H groups in total. The van der Waals surface area contributed by atoms with Crippen molar-refractivity contribution in [3.05, 3.63) is 4.91 Å². The topological polar surface area (TPSA) is 66.7 Å². The van der Waals surface area contributed by atoms with Gasteiger partial charge in [0.1, 0.15) is 0 Å². The standard InChI is InChI=1S/C7H13NO3/c1-7(2,3-4-8-11)5-6(9)10/h3-5H2,1-2H3,(H,9,10). The van der Waals surface area contributed by atoms with Gasteiger partial charge in [-0.3, -0.25) is 4.79 Å². The van der Waals surface area contributed by atoms with Crippen LogP contribution in [0.1, 0.15) is 26.7 Å². The second kappa shape index (κ2) is 4.05. The smallest absolute Gasteiger partial charge is 0.303 e. The van der Waals surface area contributed by atoms with Crippen molar-refractivity contribution in [3.63, 3.8) is 0 Å². The molecule has 0 aromatic heterocycles. The van der Waals surface area contributed by atoms with E-state index in [2.05, 4.69) is 5.18 Å². The Morgan fingerprint density at radius 3 is 2.45 bits per heavy atom. The highest BCUT2D eigenvalue weighted by Crippen LogP contribution is 2.24. The number of carboxylic acid groups (broad SMARTS) is 1. The summed E-state index contributed by atoms with van der Waals surface area (Å²) in [6.07, 6.45) is 0.616. The highest BCUT2D eigenvalue weighted by atomic mass is 16.4. The van der Waals surface area contributed by atoms with Crippen LogP contribution in [0.3, 0.4) is 0 Å². The summed E-state index contributed by atoms with van der Waals surface area (Å²) in [7, 11) is 0. The number of hydrogen-bond acceptors (Lipinski definition) is 3. The van der Waals surface area contributed by atoms with Gasteiger partial charge in [-0.1, -0.05) is 19.0 Å². The first-order valence-corrected chi connectivity index (χ1v) is 3.49. The molecule has 0 radical (unpaired) electrons. The van der Waals surface area contributed by atoms with Crippen molar-refractivity contribution in [2.75, 3.05) is 6.54 Å². The predicted molar refractivity (Wildman–Crippen MR) is 41.3 cm³/mol. The minimum absolute atomic E-state index is 0.0858. The lowest BCUT2D eigenvalue weighted by atomic mass is 9.86. The van der Waals surface area contributed by atoms with Gasteiger partial charge in [-0.25, -0.2) is 0 Å². The van der Waals surface area contributed by atoms with E-state index in [9.17, 15) is 9.70 Å². The van der Waals surface area contributed by atoms with Crippen molar-refractivity contribution in [2.24, 2.45) is 10.6 Å². The van der Waals surface area contributed by atoms with Gasteiger partial charge in [0.15, 0.2) is 0 Å². The van der Waals surface area contributed by atoms with Crippen LogP contribution in [0.4, 0.5) is 0 Å². The first-order chi connectivity index (χ1) is 4.98. The molecule has 0 aromatic carbocycles. The number of carbonyl (C=O) groups is 1. The molecule has 0 rings (SSSR count). The molecular weight excluding hydrogens is 146 g/mol. The average Bonchev–Trinajstić information content (AvgIpc) is 1.81. The van der Waals surface area contributed by atoms with Crippen LogP contribution in [0, 0.1) is 10.3 Å². The fraction of sp³-hybridized carbons (Fsp3) is 0.857. The lowest BCUT2D eigenvalue weighted by Crippen LogP contribution is -2.17. The zero-order valence-corrected chi connectivity index (χ0v) is 6.83. The summed E-state index contributed by atoms with van der Waals surface area (Å²) in [5.41, 5.74) is -0.320. The molecule has 0 saturated carbocycles. The maximum atomic E-state index is 10.3. The second-order valence-corrected chi connectivity index (χ2v) is 3.34. The number of nitroso groups, excluding NO2 is 1. The van der Waals surface area contributed by atoms with Crippen LogP contribution in [0.5, 0.6) is 0 Å². The second-order valence-electron chi connectivity index (χ2n) is 3.34. The average molecular weight is 159 g/mol. The molecule has 0 heterocycles. The zero-order valence-electron chi connectivity index (χ0n) is 6.83. The Kier molecular flexibility index (Phi) is 3.71. The first kappa shape index (κ1) is 10.1. The van der Waals surface area contributed by atoms with Crippen LogP contribution < -0.4 is 0 Å². The van der Waals surface area contributed by atoms with Gasteiger partial charge in [-0.2, -0.15) is 4.91 Å². The number of carboxylic acids is 1. The maximum Gasteiger partial charge on any atom is 0.303 e. The van der Waals surface area contributed by atoms with Crippen LogP contribution in [0.15, 0.2) is 5.18 Å². The van der Waals surface area contributed by atoms with E-state index < -0.39 is 5.97 Å². The Bertz CT molecular complexity index is 154. The number of nitrogens with zero attached hydrogens (tertiary/aromatic N) is 1. The van der Waals surface area contributed by atoms with Crippen molar-refractivity contribution in [2.45, 2.75) is 26.7 Å². The van der Waals surface area contributed by atoms with Gasteiger partial charge >= 0.3 is 5.97 Å². The summed E-state index contributed by atoms with van der Waals surface area (Å²) in [4.78, 5) is 20.0. The molecule has 0 saturated heterocycles. The number of aliphatic carboxylic acids is 1. The van der Waals surface area contributed by atoms with E-state index in [1.807, 2.05) is 13.8 Å². The molecule has 0 spiro atoms. The Hall–Kier alpha value is -0.930. The van der Waals surface area contributed by atoms with Gasteiger partial charge in [0.2, 0.25) is 0 Å². The fourth-order valence-corrected chi connectivity index (χ4v) is 0.846. The molecule has 64 valence electrons. The molecule has 11 heavy (non-hydrogen) atoms. The molecule has 0 atom stereocenters. The van der Waals surface area contributed by atoms with Crippen molar-refractivity contribution in [3.8, 4) is 0 Å². The maximum absolute atomic E-state index is 10.3. The third kappa shape index (κ3) is 5.51. The summed E-state index contributed by atoms with van der Waals surface area (Å²) in [6.45, 7) is 3.82. The van der Waals surface area contributed by atoms with E-state index in [0.717, 1.165) is 0 Å². The molecule has 0 aliphatic rings. The highest BCUT2D eigenvalue weighted by molar-refractivity contribution is 5.67. The lowest BCUT2D eigenvalue weighted by molar-refractivity contribution is -0.139. The summed E-state index contributed by atoms with van der Waals surface area (Å²) in [5.74, 6) is -0.833. The lowest BCUT2D eigenvalue weighted by Gasteiger charge is -2.19. The van der Waals surface area contributed by atoms with Gasteiger partial charge in [-0.05, 0) is 11.8 Å². The number of hydrogen-bond donors (Lipinski definition) is 1. The molecule has 0 aromatic rings. The normalized spacial score (nSPS) is 11.1. The van der Waals surface area contributed by atoms with Crippen LogP contribution >= 0.6 is 0 Å². The summed E-state index contributed by atoms with van der Waals surface area (Å²) >= 11 is 0. The van der Waals surface area contributed by atoms with Crippen LogP contribution in [-0.2, 0) is 4.79 Å². The Labute approximate surface area is 65.6 Å². The van der Waals surface area contributed by atoms with Crippen molar-refractivity contribution in [1.82, 2.24) is 0 Å². The van der Waals surface area contributed by atoms with Crippen molar-refractivity contribution < 1.29 is 9.90 Å². The molecule has 0 amide bonds. The molecular formula is C7H13NO3. The molecule has 4 heteroatoms. The SMILES string of the molecule is CC(C)(CCN=O)CC(=O)O. The minimum Gasteiger partial charge on any atom is -0.481 e. The summed E-state index contributed by atoms with van der Waals surface area (Å²) < 4.78 is 0. The van der Waals surface area contributed by atoms with Gasteiger partial charge < -0.3 is 5.11 Å². The van der Waals surface area contributed by atoms with E-state index in [1.165, 1.54) is 0 Å². The van der Waals surface area contributed by atoms with Crippen molar-refractivity contribution in [1.29, 1.82) is 0 Å². The van der Waals surface area contributed by atoms with E-state index in [-0.39, 0.29) is 18.4 Å². The highest BCUT2D eigenvalue weighted by Gasteiger charge is 2.21. The van der Waals surface area contributed by atoms with Crippen LogP contribution in [-0.4, -0.2) is 17.6 Å². The Morgan fingerprint density at radius 1 is 1.55 bits per heavy atom. The third-order valence-electron chi connectivity index (χ3n) is 1.51. The van der Waals surface area contributed by atoms with Crippen LogP contribution in [0.25, 0.3) is 0 Å². The molecule has 0 unspecified atom stereocenters. The quantitative estimate of drug-likeness (QED) is 0.620. The predicted octanol–water partition coefficient (Wildman–Crippen LogP) is 1.64. The third-order valence-corrected chi connectivity index (χ3v) is 1.51. The van der Waals surface area contributed by atoms with Gasteiger partial charge in [0, 0.05) is 0 Å². The molecule has 0 aliphatic carbocycles. The largest absolute Gasteiger partial charge is 0.481 e. The van der Waals surface area contributed by atoms with E-state index in [0.29, 0.717) is 6.42 Å². The van der Waals surface area contributed by atoms with Crippen LogP contribution in [0.2, 0.25) is 0 Å². The molecule has 0 fully saturated rings. The summed E-state index contributed by atoms with van der Waals surface area (Å²) in [6, 6.07) is 0. The van der Waals surface area contributed by atoms with Gasteiger partial charge in [-0.15, -0.1) is 0 Å². The fourth-order valence-electron chi connectivity index (χ4n) is 0.846. The first-order valence-electron chi connectivity index (χ1n) is 3.49. The van der Waals surface area contributed by atoms with E-state index >= 15 is 0 Å². The minimum atomic E-state index is -0.833. The van der Waals surface area contributed by atoms with E-state index in [1.54, 1.807) is 0 Å². The molecule has 4 nitrogen and oxygen atoms in total. The van der Waals surface area contributed by atoms with Gasteiger partial charge in [0.05, 0.1) is 13.0 Å². The Balaban J connectivity index is 3.78. The van der Waals surface area contributed by atoms with Crippen molar-refractivity contribution >= 4 is 5.97 Å². The summed E-state index contributed by atoms with van der Waals surface area (Å²) in [5, 5.41) is 11.1. The monoisotopic (exact) mass is 159 g/mol. The van der Waals surface area contributed by atoms with E-state index in [4.69, 9.17) is 5.11 Å². The van der Waals surface area contributed by atoms with Gasteiger partial charge in [0.25, 0.3) is 0 Å². The number of rotatable bonds is 5. The molecule has 0 aliphatic heterocycles. The molecule has 0 bridgehead atoms. The zero-order chi connectivity index (χ0) is 8.91. The Morgan fingerprint density at radius 2 is 2.09 bits per heavy atom.